The normalized spacial score (nSPS) is 16.8. The molecule has 0 radical (unpaired) electrons. The summed E-state index contributed by atoms with van der Waals surface area (Å²) in [7, 11) is 2.23. The second-order valence-electron chi connectivity index (χ2n) is 11.7. The Morgan fingerprint density at radius 1 is 1.05 bits per heavy atom. The minimum Gasteiger partial charge on any atom is -0.367 e. The van der Waals surface area contributed by atoms with E-state index < -0.39 is 0 Å². The number of aliphatic imine (C=N–C) groups is 1. The molecule has 39 heavy (non-hydrogen) atoms. The number of benzene rings is 1. The average molecular weight is 538 g/mol. The minimum atomic E-state index is -0.341. The zero-order valence-corrected chi connectivity index (χ0v) is 25.0. The van der Waals surface area contributed by atoms with E-state index in [4.69, 9.17) is 5.73 Å². The van der Waals surface area contributed by atoms with E-state index >= 15 is 0 Å². The number of nitrogen functional groups attached to an aromatic ring is 1. The largest absolute Gasteiger partial charge is 0.367 e. The SMILES string of the molecule is CC(C)=Nc1c(C)cc(-c2ccn3nc(N)ncc23)cc1F.CC(C)C.CN1CCN(C2CCCCC2)CC1. The van der Waals surface area contributed by atoms with Crippen LogP contribution in [0, 0.1) is 18.7 Å². The topological polar surface area (TPSA) is 75.0 Å². The highest BCUT2D eigenvalue weighted by atomic mass is 19.1. The van der Waals surface area contributed by atoms with Gasteiger partial charge in [-0.2, -0.15) is 0 Å². The number of halogens is 1. The van der Waals surface area contributed by atoms with Gasteiger partial charge >= 0.3 is 0 Å². The van der Waals surface area contributed by atoms with E-state index in [-0.39, 0.29) is 11.8 Å². The number of fused-ring (bicyclic) bond motifs is 1. The second-order valence-corrected chi connectivity index (χ2v) is 11.7. The summed E-state index contributed by atoms with van der Waals surface area (Å²) in [6, 6.07) is 6.20. The van der Waals surface area contributed by atoms with Crippen LogP contribution < -0.4 is 5.73 Å². The van der Waals surface area contributed by atoms with Gasteiger partial charge in [0.15, 0.2) is 0 Å². The Hall–Kier alpha value is -2.84. The lowest BCUT2D eigenvalue weighted by atomic mass is 9.94. The Morgan fingerprint density at radius 3 is 2.28 bits per heavy atom. The number of rotatable bonds is 3. The quantitative estimate of drug-likeness (QED) is 0.373. The second kappa shape index (κ2) is 14.5. The van der Waals surface area contributed by atoms with Crippen LogP contribution in [0.4, 0.5) is 16.0 Å². The number of nitrogens with two attached hydrogens (primary N) is 1. The standard InChI is InChI=1S/C16H16FN5.C11H22N2.C4H10/c1-9(2)20-15-10(3)6-11(7-13(15)17)12-4-5-22-14(12)8-19-16(18)21-22;1-12-7-9-13(10-8-12)11-5-3-2-4-6-11;1-4(2)3/h4-8H,1-3H3,(H2,18,21);11H,2-10H2,1H3;4H,1-3H3. The number of aromatic nitrogens is 3. The third-order valence-electron chi connectivity index (χ3n) is 6.96. The highest BCUT2D eigenvalue weighted by molar-refractivity contribution is 5.85. The van der Waals surface area contributed by atoms with E-state index in [1.165, 1.54) is 64.3 Å². The van der Waals surface area contributed by atoms with Crippen LogP contribution >= 0.6 is 0 Å². The highest BCUT2D eigenvalue weighted by Crippen LogP contribution is 2.32. The molecule has 2 aliphatic rings. The summed E-state index contributed by atoms with van der Waals surface area (Å²) in [5.41, 5.74) is 9.94. The van der Waals surface area contributed by atoms with Gasteiger partial charge in [-0.3, -0.25) is 9.89 Å². The van der Waals surface area contributed by atoms with Gasteiger partial charge in [-0.1, -0.05) is 40.0 Å². The summed E-state index contributed by atoms with van der Waals surface area (Å²) in [6.07, 6.45) is 10.7. The highest BCUT2D eigenvalue weighted by Gasteiger charge is 2.23. The third-order valence-corrected chi connectivity index (χ3v) is 6.96. The summed E-state index contributed by atoms with van der Waals surface area (Å²) in [5.74, 6) is 0.687. The van der Waals surface area contributed by atoms with Crippen LogP contribution in [-0.4, -0.2) is 69.4 Å². The molecule has 0 amide bonds. The number of likely N-dealkylation sites (N-methyl/N-ethyl adjacent to an activating group) is 1. The molecule has 3 aromatic rings. The number of hydrogen-bond acceptors (Lipinski definition) is 6. The molecular weight excluding hydrogens is 489 g/mol. The van der Waals surface area contributed by atoms with Gasteiger partial charge in [-0.05, 0) is 75.9 Å². The zero-order valence-electron chi connectivity index (χ0n) is 25.0. The lowest BCUT2D eigenvalue weighted by Crippen LogP contribution is -2.49. The monoisotopic (exact) mass is 537 g/mol. The molecule has 0 bridgehead atoms. The third kappa shape index (κ3) is 9.11. The molecule has 2 aromatic heterocycles. The first-order chi connectivity index (χ1) is 18.5. The Kier molecular flexibility index (Phi) is 11.4. The molecule has 7 nitrogen and oxygen atoms in total. The van der Waals surface area contributed by atoms with Gasteiger partial charge in [0.25, 0.3) is 0 Å². The molecule has 0 spiro atoms. The predicted octanol–water partition coefficient (Wildman–Crippen LogP) is 6.77. The van der Waals surface area contributed by atoms with Crippen molar-refractivity contribution in [3.8, 4) is 11.1 Å². The van der Waals surface area contributed by atoms with Crippen molar-refractivity contribution in [2.45, 2.75) is 79.7 Å². The van der Waals surface area contributed by atoms with Crippen molar-refractivity contribution in [2.24, 2.45) is 10.9 Å². The van der Waals surface area contributed by atoms with Crippen LogP contribution in [0.15, 0.2) is 35.6 Å². The molecule has 2 N–H and O–H groups in total. The molecule has 0 atom stereocenters. The van der Waals surface area contributed by atoms with Crippen molar-refractivity contribution in [3.05, 3.63) is 42.0 Å². The fourth-order valence-electron chi connectivity index (χ4n) is 5.05. The lowest BCUT2D eigenvalue weighted by molar-refractivity contribution is 0.0913. The molecule has 1 saturated heterocycles. The maximum absolute atomic E-state index is 14.4. The first-order valence-corrected chi connectivity index (χ1v) is 14.4. The van der Waals surface area contributed by atoms with Crippen molar-refractivity contribution in [3.63, 3.8) is 0 Å². The number of piperazine rings is 1. The van der Waals surface area contributed by atoms with E-state index in [0.717, 1.165) is 39.9 Å². The Morgan fingerprint density at radius 2 is 1.69 bits per heavy atom. The number of anilines is 1. The van der Waals surface area contributed by atoms with Gasteiger partial charge in [0.2, 0.25) is 5.95 Å². The number of hydrogen-bond donors (Lipinski definition) is 1. The predicted molar refractivity (Wildman–Crippen MR) is 162 cm³/mol. The summed E-state index contributed by atoms with van der Waals surface area (Å²) in [4.78, 5) is 13.4. The number of nitrogens with zero attached hydrogens (tertiary/aromatic N) is 6. The van der Waals surface area contributed by atoms with Crippen LogP contribution in [0.1, 0.15) is 72.3 Å². The molecule has 3 heterocycles. The lowest BCUT2D eigenvalue weighted by Gasteiger charge is -2.39. The van der Waals surface area contributed by atoms with Gasteiger partial charge in [0.1, 0.15) is 11.5 Å². The fraction of sp³-hybridized carbons (Fsp3) is 0.581. The first kappa shape index (κ1) is 30.7. The Labute approximate surface area is 234 Å². The van der Waals surface area contributed by atoms with E-state index in [1.807, 2.05) is 32.9 Å². The van der Waals surface area contributed by atoms with Crippen LogP contribution in [-0.2, 0) is 0 Å². The van der Waals surface area contributed by atoms with Gasteiger partial charge in [0, 0.05) is 49.7 Å². The van der Waals surface area contributed by atoms with Gasteiger partial charge in [-0.25, -0.2) is 13.9 Å². The molecule has 1 aromatic carbocycles. The molecule has 1 saturated carbocycles. The Bertz CT molecular complexity index is 1190. The zero-order chi connectivity index (χ0) is 28.5. The molecule has 1 aliphatic carbocycles. The van der Waals surface area contributed by atoms with Crippen molar-refractivity contribution >= 4 is 22.9 Å². The maximum Gasteiger partial charge on any atom is 0.238 e. The average Bonchev–Trinajstić information content (AvgIpc) is 3.30. The van der Waals surface area contributed by atoms with E-state index in [2.05, 4.69) is 52.7 Å². The summed E-state index contributed by atoms with van der Waals surface area (Å²) in [5, 5.41) is 4.09. The fourth-order valence-corrected chi connectivity index (χ4v) is 5.05. The minimum absolute atomic E-state index is 0.195. The van der Waals surface area contributed by atoms with Crippen LogP contribution in [0.3, 0.4) is 0 Å². The van der Waals surface area contributed by atoms with E-state index in [1.54, 1.807) is 16.9 Å². The summed E-state index contributed by atoms with van der Waals surface area (Å²) < 4.78 is 16.0. The van der Waals surface area contributed by atoms with E-state index in [9.17, 15) is 4.39 Å². The molecule has 8 heteroatoms. The van der Waals surface area contributed by atoms with Crippen LogP contribution in [0.2, 0.25) is 0 Å². The first-order valence-electron chi connectivity index (χ1n) is 14.4. The molecule has 2 fully saturated rings. The van der Waals surface area contributed by atoms with Crippen molar-refractivity contribution in [1.82, 2.24) is 24.4 Å². The van der Waals surface area contributed by atoms with Gasteiger partial charge in [-0.15, -0.1) is 5.10 Å². The van der Waals surface area contributed by atoms with Crippen molar-refractivity contribution in [1.29, 1.82) is 0 Å². The van der Waals surface area contributed by atoms with Crippen LogP contribution in [0.25, 0.3) is 16.6 Å². The number of aryl methyl sites for hydroxylation is 1. The van der Waals surface area contributed by atoms with Crippen molar-refractivity contribution in [2.75, 3.05) is 39.0 Å². The van der Waals surface area contributed by atoms with Crippen LogP contribution in [0.5, 0.6) is 0 Å². The Balaban J connectivity index is 0.000000209. The summed E-state index contributed by atoms with van der Waals surface area (Å²) in [6.45, 7) is 17.2. The molecular formula is C31H48FN7. The summed E-state index contributed by atoms with van der Waals surface area (Å²) >= 11 is 0. The van der Waals surface area contributed by atoms with Crippen molar-refractivity contribution < 1.29 is 4.39 Å². The molecule has 1 aliphatic heterocycles. The molecule has 0 unspecified atom stereocenters. The van der Waals surface area contributed by atoms with Gasteiger partial charge < -0.3 is 10.6 Å². The molecule has 214 valence electrons. The van der Waals surface area contributed by atoms with E-state index in [0.29, 0.717) is 5.69 Å². The maximum atomic E-state index is 14.4. The molecule has 5 rings (SSSR count). The smallest absolute Gasteiger partial charge is 0.238 e. The van der Waals surface area contributed by atoms with Gasteiger partial charge in [0.05, 0.1) is 11.7 Å².